The molecule has 3 amide bonds. The van der Waals surface area contributed by atoms with E-state index in [2.05, 4.69) is 15.6 Å². The Balaban J connectivity index is 1.39. The first kappa shape index (κ1) is 21.1. The van der Waals surface area contributed by atoms with E-state index >= 15 is 0 Å². The number of piperidine rings is 1. The van der Waals surface area contributed by atoms with Crippen LogP contribution in [-0.4, -0.2) is 41.0 Å². The Morgan fingerprint density at radius 2 is 1.87 bits per heavy atom. The molecular weight excluding hydrogens is 408 g/mol. The van der Waals surface area contributed by atoms with E-state index in [-0.39, 0.29) is 18.0 Å². The third kappa shape index (κ3) is 5.30. The van der Waals surface area contributed by atoms with Gasteiger partial charge in [0.2, 0.25) is 0 Å². The second-order valence-electron chi connectivity index (χ2n) is 7.75. The van der Waals surface area contributed by atoms with Crippen LogP contribution >= 0.6 is 11.3 Å². The van der Waals surface area contributed by atoms with Crippen LogP contribution in [0, 0.1) is 6.92 Å². The van der Waals surface area contributed by atoms with E-state index in [9.17, 15) is 9.59 Å². The van der Waals surface area contributed by atoms with E-state index in [0.29, 0.717) is 18.1 Å². The summed E-state index contributed by atoms with van der Waals surface area (Å²) in [6, 6.07) is 17.2. The summed E-state index contributed by atoms with van der Waals surface area (Å²) in [5.74, 6) is -0.0571. The Kier molecular flexibility index (Phi) is 6.62. The van der Waals surface area contributed by atoms with E-state index in [1.165, 1.54) is 16.9 Å². The third-order valence-electron chi connectivity index (χ3n) is 5.45. The number of aryl methyl sites for hydroxylation is 1. The van der Waals surface area contributed by atoms with Gasteiger partial charge in [0.1, 0.15) is 0 Å². The van der Waals surface area contributed by atoms with Crippen LogP contribution in [0.2, 0.25) is 0 Å². The maximum atomic E-state index is 13.2. The van der Waals surface area contributed by atoms with Gasteiger partial charge in [-0.05, 0) is 38.3 Å². The highest BCUT2D eigenvalue weighted by Crippen LogP contribution is 2.25. The van der Waals surface area contributed by atoms with Crippen LogP contribution in [0.4, 0.5) is 10.5 Å². The Bertz CT molecular complexity index is 1030. The topological polar surface area (TPSA) is 74.3 Å². The van der Waals surface area contributed by atoms with Gasteiger partial charge < -0.3 is 15.5 Å². The molecule has 0 spiro atoms. The zero-order valence-electron chi connectivity index (χ0n) is 17.5. The molecular formula is C24H26N4O2S. The Morgan fingerprint density at radius 1 is 1.10 bits per heavy atom. The number of thiazole rings is 1. The minimum absolute atomic E-state index is 0.0329. The summed E-state index contributed by atoms with van der Waals surface area (Å²) in [5.41, 5.74) is 3.76. The van der Waals surface area contributed by atoms with Crippen LogP contribution in [0.25, 0.3) is 11.3 Å². The van der Waals surface area contributed by atoms with Crippen LogP contribution in [-0.2, 0) is 0 Å². The molecule has 1 aromatic heterocycles. The number of carbonyl (C=O) groups is 2. The van der Waals surface area contributed by atoms with Gasteiger partial charge >= 0.3 is 6.03 Å². The second kappa shape index (κ2) is 9.75. The molecule has 1 saturated heterocycles. The summed E-state index contributed by atoms with van der Waals surface area (Å²) in [6.45, 7) is 3.15. The van der Waals surface area contributed by atoms with Crippen molar-refractivity contribution in [2.75, 3.05) is 18.4 Å². The van der Waals surface area contributed by atoms with Gasteiger partial charge in [-0.2, -0.15) is 0 Å². The number of hydrogen-bond donors (Lipinski definition) is 2. The van der Waals surface area contributed by atoms with Crippen LogP contribution in [0.15, 0.2) is 60.0 Å². The van der Waals surface area contributed by atoms with E-state index < -0.39 is 0 Å². The number of hydrogen-bond acceptors (Lipinski definition) is 4. The fourth-order valence-corrected chi connectivity index (χ4v) is 4.52. The van der Waals surface area contributed by atoms with Gasteiger partial charge in [0.25, 0.3) is 5.91 Å². The zero-order valence-corrected chi connectivity index (χ0v) is 18.3. The number of likely N-dealkylation sites (tertiary alicyclic amines) is 1. The van der Waals surface area contributed by atoms with E-state index in [0.717, 1.165) is 36.2 Å². The molecule has 1 aliphatic rings. The van der Waals surface area contributed by atoms with Gasteiger partial charge in [-0.15, -0.1) is 11.3 Å². The van der Waals surface area contributed by atoms with Gasteiger partial charge in [0, 0.05) is 35.8 Å². The van der Waals surface area contributed by atoms with Crippen molar-refractivity contribution in [2.45, 2.75) is 32.2 Å². The number of para-hydroxylation sites is 1. The number of aromatic nitrogens is 1. The Labute approximate surface area is 186 Å². The largest absolute Gasteiger partial charge is 0.336 e. The average molecular weight is 435 g/mol. The highest BCUT2D eigenvalue weighted by molar-refractivity contribution is 7.12. The highest BCUT2D eigenvalue weighted by Gasteiger charge is 2.29. The van der Waals surface area contributed by atoms with Crippen molar-refractivity contribution in [3.05, 3.63) is 70.5 Å². The Morgan fingerprint density at radius 3 is 2.65 bits per heavy atom. The van der Waals surface area contributed by atoms with Crippen molar-refractivity contribution in [1.82, 2.24) is 15.2 Å². The number of nitrogens with one attached hydrogen (secondary N) is 2. The molecule has 6 nitrogen and oxygen atoms in total. The minimum atomic E-state index is -0.264. The van der Waals surface area contributed by atoms with Crippen molar-refractivity contribution < 1.29 is 9.59 Å². The molecule has 1 aliphatic heterocycles. The summed E-state index contributed by atoms with van der Waals surface area (Å²) < 4.78 is 0. The summed E-state index contributed by atoms with van der Waals surface area (Å²) in [5, 5.41) is 8.16. The molecule has 2 heterocycles. The molecule has 1 unspecified atom stereocenters. The molecule has 4 rings (SSSR count). The molecule has 0 aliphatic carbocycles. The van der Waals surface area contributed by atoms with Gasteiger partial charge in [-0.1, -0.05) is 48.0 Å². The fourth-order valence-electron chi connectivity index (χ4n) is 3.74. The quantitative estimate of drug-likeness (QED) is 0.598. The lowest BCUT2D eigenvalue weighted by Gasteiger charge is -2.35. The first-order chi connectivity index (χ1) is 15.1. The van der Waals surface area contributed by atoms with Crippen molar-refractivity contribution >= 4 is 29.0 Å². The lowest BCUT2D eigenvalue weighted by molar-refractivity contribution is 0.0615. The van der Waals surface area contributed by atoms with E-state index in [1.54, 1.807) is 0 Å². The summed E-state index contributed by atoms with van der Waals surface area (Å²) >= 11 is 1.38. The standard InChI is InChI=1S/C24H26N4O2S/c1-17-10-12-18(13-11-17)21-16-31-22(27-21)23(29)28-14-6-5-9-20(28)15-25-24(30)26-19-7-3-2-4-8-19/h2-4,7-8,10-13,16,20H,5-6,9,14-15H2,1H3,(H2,25,26,30). The third-order valence-corrected chi connectivity index (χ3v) is 6.28. The summed E-state index contributed by atoms with van der Waals surface area (Å²) in [4.78, 5) is 31.9. The second-order valence-corrected chi connectivity index (χ2v) is 8.61. The number of amides is 3. The predicted octanol–water partition coefficient (Wildman–Crippen LogP) is 4.93. The van der Waals surface area contributed by atoms with Crippen LogP contribution in [0.3, 0.4) is 0 Å². The normalized spacial score (nSPS) is 16.0. The van der Waals surface area contributed by atoms with Gasteiger partial charge in [0.05, 0.1) is 5.69 Å². The van der Waals surface area contributed by atoms with E-state index in [1.807, 2.05) is 71.8 Å². The molecule has 2 N–H and O–H groups in total. The monoisotopic (exact) mass is 434 g/mol. The van der Waals surface area contributed by atoms with Crippen LogP contribution in [0.1, 0.15) is 34.6 Å². The first-order valence-corrected chi connectivity index (χ1v) is 11.4. The minimum Gasteiger partial charge on any atom is -0.336 e. The van der Waals surface area contributed by atoms with Crippen molar-refractivity contribution in [3.63, 3.8) is 0 Å². The number of rotatable bonds is 5. The molecule has 3 aromatic rings. The summed E-state index contributed by atoms with van der Waals surface area (Å²) in [7, 11) is 0. The molecule has 1 atom stereocenters. The zero-order chi connectivity index (χ0) is 21.6. The Hall–Kier alpha value is -3.19. The molecule has 2 aromatic carbocycles. The first-order valence-electron chi connectivity index (χ1n) is 10.5. The molecule has 0 radical (unpaired) electrons. The fraction of sp³-hybridized carbons (Fsp3) is 0.292. The van der Waals surface area contributed by atoms with Crippen LogP contribution < -0.4 is 10.6 Å². The molecule has 31 heavy (non-hydrogen) atoms. The van der Waals surface area contributed by atoms with Gasteiger partial charge in [-0.25, -0.2) is 9.78 Å². The lowest BCUT2D eigenvalue weighted by atomic mass is 10.0. The predicted molar refractivity (Wildman–Crippen MR) is 124 cm³/mol. The van der Waals surface area contributed by atoms with Gasteiger partial charge in [0.15, 0.2) is 5.01 Å². The SMILES string of the molecule is Cc1ccc(-c2csc(C(=O)N3CCCCC3CNC(=O)Nc3ccccc3)n2)cc1. The van der Waals surface area contributed by atoms with Crippen LogP contribution in [0.5, 0.6) is 0 Å². The summed E-state index contributed by atoms with van der Waals surface area (Å²) in [6.07, 6.45) is 2.88. The number of anilines is 1. The number of carbonyl (C=O) groups excluding carboxylic acids is 2. The molecule has 160 valence electrons. The number of nitrogens with zero attached hydrogens (tertiary/aromatic N) is 2. The maximum absolute atomic E-state index is 13.2. The molecule has 0 bridgehead atoms. The maximum Gasteiger partial charge on any atom is 0.319 e. The lowest BCUT2D eigenvalue weighted by Crippen LogP contribution is -2.50. The highest BCUT2D eigenvalue weighted by atomic mass is 32.1. The molecule has 7 heteroatoms. The van der Waals surface area contributed by atoms with Crippen molar-refractivity contribution in [2.24, 2.45) is 0 Å². The van der Waals surface area contributed by atoms with E-state index in [4.69, 9.17) is 0 Å². The number of benzene rings is 2. The number of urea groups is 1. The van der Waals surface area contributed by atoms with Crippen molar-refractivity contribution in [3.8, 4) is 11.3 Å². The molecule has 0 saturated carbocycles. The van der Waals surface area contributed by atoms with Crippen molar-refractivity contribution in [1.29, 1.82) is 0 Å². The molecule has 1 fully saturated rings. The average Bonchev–Trinajstić information content (AvgIpc) is 3.29. The smallest absolute Gasteiger partial charge is 0.319 e. The van der Waals surface area contributed by atoms with Gasteiger partial charge in [-0.3, -0.25) is 4.79 Å².